The standard InChI is InChI=1S/C21H34N4O/c1-17-6-5-11-25(15-17)21-14-20(22-16-23-21)24-12-9-19(10-13-24)26-18-7-3-2-4-8-18/h14,16-19H,2-13,15H2,1H3. The Morgan fingerprint density at radius 2 is 1.50 bits per heavy atom. The quantitative estimate of drug-likeness (QED) is 0.813. The van der Waals surface area contributed by atoms with Gasteiger partial charge in [0.25, 0.3) is 0 Å². The molecule has 0 radical (unpaired) electrons. The van der Waals surface area contributed by atoms with Crippen LogP contribution in [-0.4, -0.2) is 48.4 Å². The maximum absolute atomic E-state index is 6.38. The zero-order chi connectivity index (χ0) is 17.8. The molecule has 0 aromatic carbocycles. The predicted octanol–water partition coefficient (Wildman–Crippen LogP) is 4.03. The van der Waals surface area contributed by atoms with Crippen molar-refractivity contribution in [3.8, 4) is 0 Å². The van der Waals surface area contributed by atoms with Gasteiger partial charge in [0.15, 0.2) is 0 Å². The number of rotatable bonds is 4. The van der Waals surface area contributed by atoms with Gasteiger partial charge in [-0.3, -0.25) is 0 Å². The molecule has 4 rings (SSSR count). The van der Waals surface area contributed by atoms with Gasteiger partial charge in [-0.05, 0) is 44.4 Å². The number of nitrogens with zero attached hydrogens (tertiary/aromatic N) is 4. The average molecular weight is 359 g/mol. The molecule has 1 atom stereocenters. The van der Waals surface area contributed by atoms with Gasteiger partial charge in [0, 0.05) is 32.2 Å². The first-order chi connectivity index (χ1) is 12.8. The molecule has 144 valence electrons. The SMILES string of the molecule is CC1CCCN(c2cc(N3CCC(OC4CCCCC4)CC3)ncn2)C1. The van der Waals surface area contributed by atoms with Gasteiger partial charge in [-0.15, -0.1) is 0 Å². The van der Waals surface area contributed by atoms with Crippen molar-refractivity contribution in [2.45, 2.75) is 76.9 Å². The van der Waals surface area contributed by atoms with Gasteiger partial charge in [-0.1, -0.05) is 26.2 Å². The van der Waals surface area contributed by atoms with Crippen molar-refractivity contribution in [2.75, 3.05) is 36.0 Å². The molecule has 2 aliphatic heterocycles. The highest BCUT2D eigenvalue weighted by molar-refractivity contribution is 5.50. The fraction of sp³-hybridized carbons (Fsp3) is 0.810. The second-order valence-corrected chi connectivity index (χ2v) is 8.51. The molecule has 0 amide bonds. The number of aromatic nitrogens is 2. The summed E-state index contributed by atoms with van der Waals surface area (Å²) in [6.07, 6.45) is 14.2. The van der Waals surface area contributed by atoms with Crippen LogP contribution in [0.25, 0.3) is 0 Å². The van der Waals surface area contributed by atoms with Gasteiger partial charge in [-0.25, -0.2) is 9.97 Å². The first-order valence-electron chi connectivity index (χ1n) is 10.8. The number of ether oxygens (including phenoxy) is 1. The van der Waals surface area contributed by atoms with Gasteiger partial charge in [0.2, 0.25) is 0 Å². The number of anilines is 2. The van der Waals surface area contributed by atoms with Crippen molar-refractivity contribution < 1.29 is 4.74 Å². The summed E-state index contributed by atoms with van der Waals surface area (Å²) in [6.45, 7) is 6.67. The zero-order valence-electron chi connectivity index (χ0n) is 16.3. The van der Waals surface area contributed by atoms with Crippen molar-refractivity contribution in [2.24, 2.45) is 5.92 Å². The third-order valence-corrected chi connectivity index (χ3v) is 6.32. The molecule has 1 aliphatic carbocycles. The van der Waals surface area contributed by atoms with Crippen molar-refractivity contribution in [3.05, 3.63) is 12.4 Å². The van der Waals surface area contributed by atoms with Gasteiger partial charge in [0.1, 0.15) is 18.0 Å². The van der Waals surface area contributed by atoms with Crippen molar-refractivity contribution in [3.63, 3.8) is 0 Å². The van der Waals surface area contributed by atoms with Gasteiger partial charge in [-0.2, -0.15) is 0 Å². The van der Waals surface area contributed by atoms with E-state index in [9.17, 15) is 0 Å². The Morgan fingerprint density at radius 3 is 2.23 bits per heavy atom. The van der Waals surface area contributed by atoms with Crippen LogP contribution >= 0.6 is 0 Å². The van der Waals surface area contributed by atoms with Crippen LogP contribution in [0.2, 0.25) is 0 Å². The van der Waals surface area contributed by atoms with E-state index in [1.807, 2.05) is 0 Å². The van der Waals surface area contributed by atoms with Crippen LogP contribution in [0.1, 0.15) is 64.7 Å². The van der Waals surface area contributed by atoms with Crippen LogP contribution in [0.4, 0.5) is 11.6 Å². The Morgan fingerprint density at radius 1 is 0.808 bits per heavy atom. The lowest BCUT2D eigenvalue weighted by molar-refractivity contribution is -0.0395. The minimum absolute atomic E-state index is 0.443. The van der Waals surface area contributed by atoms with E-state index in [1.54, 1.807) is 6.33 Å². The summed E-state index contributed by atoms with van der Waals surface area (Å²) in [5.41, 5.74) is 0. The summed E-state index contributed by atoms with van der Waals surface area (Å²) in [6, 6.07) is 2.19. The second-order valence-electron chi connectivity index (χ2n) is 8.51. The third-order valence-electron chi connectivity index (χ3n) is 6.32. The van der Waals surface area contributed by atoms with E-state index in [0.717, 1.165) is 56.6 Å². The van der Waals surface area contributed by atoms with Crippen LogP contribution in [0.5, 0.6) is 0 Å². The Bertz CT molecular complexity index is 567. The van der Waals surface area contributed by atoms with Crippen LogP contribution in [0.15, 0.2) is 12.4 Å². The fourth-order valence-corrected chi connectivity index (χ4v) is 4.77. The summed E-state index contributed by atoms with van der Waals surface area (Å²) >= 11 is 0. The molecule has 3 fully saturated rings. The molecule has 5 nitrogen and oxygen atoms in total. The highest BCUT2D eigenvalue weighted by atomic mass is 16.5. The molecular formula is C21H34N4O. The minimum Gasteiger partial charge on any atom is -0.375 e. The Hall–Kier alpha value is -1.36. The Labute approximate surface area is 158 Å². The summed E-state index contributed by atoms with van der Waals surface area (Å²) in [5, 5.41) is 0. The van der Waals surface area contributed by atoms with E-state index in [2.05, 4.69) is 32.8 Å². The van der Waals surface area contributed by atoms with Gasteiger partial charge in [0.05, 0.1) is 12.2 Å². The maximum Gasteiger partial charge on any atom is 0.134 e. The molecule has 0 bridgehead atoms. The molecule has 26 heavy (non-hydrogen) atoms. The van der Waals surface area contributed by atoms with E-state index >= 15 is 0 Å². The van der Waals surface area contributed by atoms with Crippen LogP contribution in [0, 0.1) is 5.92 Å². The van der Waals surface area contributed by atoms with E-state index < -0.39 is 0 Å². The average Bonchev–Trinajstić information content (AvgIpc) is 2.69. The second kappa shape index (κ2) is 8.55. The lowest BCUT2D eigenvalue weighted by Gasteiger charge is -2.36. The number of piperidine rings is 2. The fourth-order valence-electron chi connectivity index (χ4n) is 4.77. The summed E-state index contributed by atoms with van der Waals surface area (Å²) in [5.74, 6) is 2.95. The third kappa shape index (κ3) is 4.48. The maximum atomic E-state index is 6.38. The minimum atomic E-state index is 0.443. The van der Waals surface area contributed by atoms with Crippen molar-refractivity contribution in [1.82, 2.24) is 9.97 Å². The van der Waals surface area contributed by atoms with Crippen LogP contribution < -0.4 is 9.80 Å². The normalized spacial score (nSPS) is 26.3. The van der Waals surface area contributed by atoms with E-state index in [0.29, 0.717) is 12.2 Å². The van der Waals surface area contributed by atoms with Crippen LogP contribution in [0.3, 0.4) is 0 Å². The highest BCUT2D eigenvalue weighted by Crippen LogP contribution is 2.28. The van der Waals surface area contributed by atoms with Crippen molar-refractivity contribution in [1.29, 1.82) is 0 Å². The number of hydrogen-bond donors (Lipinski definition) is 0. The molecule has 0 N–H and O–H groups in total. The summed E-state index contributed by atoms with van der Waals surface area (Å²) in [7, 11) is 0. The molecule has 3 aliphatic rings. The lowest BCUT2D eigenvalue weighted by Crippen LogP contribution is -2.39. The van der Waals surface area contributed by atoms with Gasteiger partial charge >= 0.3 is 0 Å². The zero-order valence-corrected chi connectivity index (χ0v) is 16.3. The molecule has 0 spiro atoms. The molecule has 1 aromatic rings. The first-order valence-corrected chi connectivity index (χ1v) is 10.8. The summed E-state index contributed by atoms with van der Waals surface area (Å²) in [4.78, 5) is 14.0. The largest absolute Gasteiger partial charge is 0.375 e. The topological polar surface area (TPSA) is 41.5 Å². The Balaban J connectivity index is 1.32. The smallest absolute Gasteiger partial charge is 0.134 e. The highest BCUT2D eigenvalue weighted by Gasteiger charge is 2.25. The van der Waals surface area contributed by atoms with E-state index in [-0.39, 0.29) is 0 Å². The lowest BCUT2D eigenvalue weighted by atomic mass is 9.97. The number of hydrogen-bond acceptors (Lipinski definition) is 5. The van der Waals surface area contributed by atoms with Gasteiger partial charge < -0.3 is 14.5 Å². The molecule has 1 saturated carbocycles. The van der Waals surface area contributed by atoms with Crippen molar-refractivity contribution >= 4 is 11.6 Å². The van der Waals surface area contributed by atoms with E-state index in [4.69, 9.17) is 4.74 Å². The molecule has 3 heterocycles. The Kier molecular flexibility index (Phi) is 5.93. The monoisotopic (exact) mass is 358 g/mol. The molecular weight excluding hydrogens is 324 g/mol. The molecule has 1 unspecified atom stereocenters. The molecule has 2 saturated heterocycles. The molecule has 1 aromatic heterocycles. The predicted molar refractivity (Wildman–Crippen MR) is 106 cm³/mol. The summed E-state index contributed by atoms with van der Waals surface area (Å²) < 4.78 is 6.38. The van der Waals surface area contributed by atoms with Crippen LogP contribution in [-0.2, 0) is 4.74 Å². The first kappa shape index (κ1) is 18.0. The van der Waals surface area contributed by atoms with E-state index in [1.165, 1.54) is 44.9 Å². The molecule has 5 heteroatoms.